The molecule has 1 heterocycles. The number of esters is 1. The number of halogens is 3. The maximum absolute atomic E-state index is 12.4. The van der Waals surface area contributed by atoms with Crippen molar-refractivity contribution in [2.24, 2.45) is 0 Å². The number of ether oxygens (including phenoxy) is 1. The first-order valence-electron chi connectivity index (χ1n) is 6.44. The van der Waals surface area contributed by atoms with E-state index < -0.39 is 23.9 Å². The predicted molar refractivity (Wildman–Crippen MR) is 78.2 cm³/mol. The Labute approximate surface area is 133 Å². The number of hydrogen-bond acceptors (Lipinski definition) is 5. The molecule has 0 bridgehead atoms. The van der Waals surface area contributed by atoms with Crippen molar-refractivity contribution in [1.29, 1.82) is 0 Å². The van der Waals surface area contributed by atoms with Gasteiger partial charge in [0.15, 0.2) is 10.7 Å². The van der Waals surface area contributed by atoms with Crippen LogP contribution in [-0.4, -0.2) is 29.6 Å². The van der Waals surface area contributed by atoms with E-state index in [4.69, 9.17) is 4.74 Å². The first kappa shape index (κ1) is 16.9. The zero-order chi connectivity index (χ0) is 17.0. The summed E-state index contributed by atoms with van der Waals surface area (Å²) in [6.45, 7) is 1.61. The summed E-state index contributed by atoms with van der Waals surface area (Å²) in [5.41, 5.74) is 0.607. The number of benzene rings is 1. The molecule has 0 saturated heterocycles. The molecule has 0 saturated carbocycles. The molecule has 1 aromatic heterocycles. The fourth-order valence-corrected chi connectivity index (χ4v) is 2.54. The molecule has 0 aliphatic heterocycles. The maximum atomic E-state index is 12.4. The minimum Gasteiger partial charge on any atom is -0.462 e. The number of carbonyl (C=O) groups excluding carboxylic acids is 2. The van der Waals surface area contributed by atoms with Crippen molar-refractivity contribution < 1.29 is 27.5 Å². The van der Waals surface area contributed by atoms with E-state index in [-0.39, 0.29) is 11.5 Å². The maximum Gasteiger partial charge on any atom is 0.471 e. The van der Waals surface area contributed by atoms with Gasteiger partial charge in [0.2, 0.25) is 0 Å². The summed E-state index contributed by atoms with van der Waals surface area (Å²) in [5, 5.41) is 1.91. The first-order chi connectivity index (χ1) is 10.8. The van der Waals surface area contributed by atoms with Gasteiger partial charge in [0, 0.05) is 5.56 Å². The molecule has 2 rings (SSSR count). The standard InChI is InChI=1S/C14H11F3N2O3S/c1-2-22-12(20)9-10(19-13(21)14(15,16)17)18-11(23-9)8-6-4-3-5-7-8/h3-7H,2H2,1H3,(H,19,21). The van der Waals surface area contributed by atoms with Gasteiger partial charge in [-0.25, -0.2) is 9.78 Å². The summed E-state index contributed by atoms with van der Waals surface area (Å²) in [6.07, 6.45) is -5.08. The van der Waals surface area contributed by atoms with Crippen molar-refractivity contribution in [3.63, 3.8) is 0 Å². The number of amides is 1. The van der Waals surface area contributed by atoms with Crippen molar-refractivity contribution >= 4 is 29.0 Å². The molecule has 2 aromatic rings. The molecule has 0 atom stereocenters. The van der Waals surface area contributed by atoms with Gasteiger partial charge in [-0.1, -0.05) is 30.3 Å². The Balaban J connectivity index is 2.40. The monoisotopic (exact) mass is 344 g/mol. The van der Waals surface area contributed by atoms with Gasteiger partial charge in [-0.15, -0.1) is 11.3 Å². The molecule has 0 fully saturated rings. The highest BCUT2D eigenvalue weighted by Gasteiger charge is 2.40. The van der Waals surface area contributed by atoms with E-state index >= 15 is 0 Å². The Morgan fingerprint density at radius 3 is 2.48 bits per heavy atom. The van der Waals surface area contributed by atoms with Gasteiger partial charge in [-0.3, -0.25) is 4.79 Å². The number of hydrogen-bond donors (Lipinski definition) is 1. The number of rotatable bonds is 4. The quantitative estimate of drug-likeness (QED) is 0.862. The average Bonchev–Trinajstić information content (AvgIpc) is 2.91. The SMILES string of the molecule is CCOC(=O)c1sc(-c2ccccc2)nc1NC(=O)C(F)(F)F. The molecule has 1 aromatic carbocycles. The minimum atomic E-state index is -5.08. The van der Waals surface area contributed by atoms with E-state index in [1.165, 1.54) is 0 Å². The summed E-state index contributed by atoms with van der Waals surface area (Å²) in [5.74, 6) is -3.51. The molecular formula is C14H11F3N2O3S. The summed E-state index contributed by atoms with van der Waals surface area (Å²) in [6, 6.07) is 8.56. The number of nitrogens with zero attached hydrogens (tertiary/aromatic N) is 1. The van der Waals surface area contributed by atoms with E-state index in [0.717, 1.165) is 11.3 Å². The van der Waals surface area contributed by atoms with E-state index in [1.807, 2.05) is 0 Å². The van der Waals surface area contributed by atoms with Crippen LogP contribution in [-0.2, 0) is 9.53 Å². The van der Waals surface area contributed by atoms with E-state index in [0.29, 0.717) is 10.6 Å². The Kier molecular flexibility index (Phi) is 4.99. The summed E-state index contributed by atoms with van der Waals surface area (Å²) in [4.78, 5) is 26.7. The minimum absolute atomic E-state index is 0.0457. The Bertz CT molecular complexity index is 714. The van der Waals surface area contributed by atoms with Gasteiger partial charge >= 0.3 is 18.1 Å². The van der Waals surface area contributed by atoms with Crippen LogP contribution in [0.4, 0.5) is 19.0 Å². The van der Waals surface area contributed by atoms with Gasteiger partial charge in [0.1, 0.15) is 5.01 Å². The van der Waals surface area contributed by atoms with Crippen molar-refractivity contribution in [2.75, 3.05) is 11.9 Å². The predicted octanol–water partition coefficient (Wildman–Crippen LogP) is 3.49. The van der Waals surface area contributed by atoms with Gasteiger partial charge in [-0.2, -0.15) is 13.2 Å². The van der Waals surface area contributed by atoms with Crippen molar-refractivity contribution in [3.05, 3.63) is 35.2 Å². The van der Waals surface area contributed by atoms with Crippen LogP contribution in [0.5, 0.6) is 0 Å². The van der Waals surface area contributed by atoms with Crippen LogP contribution in [0.3, 0.4) is 0 Å². The van der Waals surface area contributed by atoms with Crippen LogP contribution < -0.4 is 5.32 Å². The van der Waals surface area contributed by atoms with Crippen LogP contribution in [0.25, 0.3) is 10.6 Å². The van der Waals surface area contributed by atoms with Gasteiger partial charge < -0.3 is 10.1 Å². The smallest absolute Gasteiger partial charge is 0.462 e. The first-order valence-corrected chi connectivity index (χ1v) is 7.26. The molecule has 0 spiro atoms. The number of aromatic nitrogens is 1. The van der Waals surface area contributed by atoms with Crippen molar-refractivity contribution in [1.82, 2.24) is 4.98 Å². The normalized spacial score (nSPS) is 11.1. The molecule has 0 radical (unpaired) electrons. The fourth-order valence-electron chi connectivity index (χ4n) is 1.62. The zero-order valence-electron chi connectivity index (χ0n) is 11.8. The summed E-state index contributed by atoms with van der Waals surface area (Å²) < 4.78 is 42.0. The largest absolute Gasteiger partial charge is 0.471 e. The molecule has 1 N–H and O–H groups in total. The number of thiazole rings is 1. The highest BCUT2D eigenvalue weighted by atomic mass is 32.1. The average molecular weight is 344 g/mol. The second-order valence-electron chi connectivity index (χ2n) is 4.24. The Morgan fingerprint density at radius 1 is 1.26 bits per heavy atom. The number of anilines is 1. The Hall–Kier alpha value is -2.42. The molecule has 1 amide bonds. The third-order valence-corrected chi connectivity index (χ3v) is 3.68. The van der Waals surface area contributed by atoms with Crippen LogP contribution in [0, 0.1) is 0 Å². The second-order valence-corrected chi connectivity index (χ2v) is 5.23. The third kappa shape index (κ3) is 4.07. The lowest BCUT2D eigenvalue weighted by Crippen LogP contribution is -2.30. The number of nitrogens with one attached hydrogen (secondary N) is 1. The van der Waals surface area contributed by atoms with Crippen molar-refractivity contribution in [3.8, 4) is 10.6 Å². The summed E-state index contributed by atoms with van der Waals surface area (Å²) >= 11 is 0.846. The number of carbonyl (C=O) groups is 2. The number of alkyl halides is 3. The molecule has 0 unspecified atom stereocenters. The van der Waals surface area contributed by atoms with E-state index in [2.05, 4.69) is 4.98 Å². The summed E-state index contributed by atoms with van der Waals surface area (Å²) in [7, 11) is 0. The van der Waals surface area contributed by atoms with Crippen molar-refractivity contribution in [2.45, 2.75) is 13.1 Å². The molecule has 23 heavy (non-hydrogen) atoms. The van der Waals surface area contributed by atoms with Crippen LogP contribution in [0.2, 0.25) is 0 Å². The lowest BCUT2D eigenvalue weighted by molar-refractivity contribution is -0.167. The molecular weight excluding hydrogens is 333 g/mol. The lowest BCUT2D eigenvalue weighted by Gasteiger charge is -2.06. The second kappa shape index (κ2) is 6.78. The third-order valence-electron chi connectivity index (χ3n) is 2.60. The van der Waals surface area contributed by atoms with Crippen LogP contribution in [0.1, 0.15) is 16.6 Å². The fraction of sp³-hybridized carbons (Fsp3) is 0.214. The topological polar surface area (TPSA) is 68.3 Å². The van der Waals surface area contributed by atoms with Gasteiger partial charge in [0.25, 0.3) is 0 Å². The zero-order valence-corrected chi connectivity index (χ0v) is 12.6. The molecule has 0 aliphatic carbocycles. The highest BCUT2D eigenvalue weighted by Crippen LogP contribution is 2.32. The van der Waals surface area contributed by atoms with E-state index in [1.54, 1.807) is 42.6 Å². The highest BCUT2D eigenvalue weighted by molar-refractivity contribution is 7.17. The van der Waals surface area contributed by atoms with E-state index in [9.17, 15) is 22.8 Å². The molecule has 9 heteroatoms. The molecule has 5 nitrogen and oxygen atoms in total. The molecule has 122 valence electrons. The van der Waals surface area contributed by atoms with Crippen LogP contribution >= 0.6 is 11.3 Å². The Morgan fingerprint density at radius 2 is 1.91 bits per heavy atom. The van der Waals surface area contributed by atoms with Crippen LogP contribution in [0.15, 0.2) is 30.3 Å². The molecule has 0 aliphatic rings. The lowest BCUT2D eigenvalue weighted by atomic mass is 10.2. The van der Waals surface area contributed by atoms with Gasteiger partial charge in [-0.05, 0) is 6.92 Å². The van der Waals surface area contributed by atoms with Gasteiger partial charge in [0.05, 0.1) is 6.61 Å².